The number of carbonyl (C=O) groups excluding carboxylic acids is 1. The van der Waals surface area contributed by atoms with Crippen LogP contribution in [0.4, 0.5) is 5.69 Å². The fraction of sp³-hybridized carbons (Fsp3) is 0.474. The molecular formula is C19H23BrN2O3. The van der Waals surface area contributed by atoms with E-state index in [4.69, 9.17) is 5.11 Å². The number of carboxylic acid groups (broad SMARTS) is 1. The Morgan fingerprint density at radius 1 is 1.20 bits per heavy atom. The Morgan fingerprint density at radius 3 is 2.52 bits per heavy atom. The standard InChI is InChI=1S/C19H23BrN2O3/c20-14-7-9-16(10-8-14)22-12-13(6-11-17(23)24)18(19(22)25)21-15-4-2-1-3-5-15/h7-10,15,21H,1-6,11-12H2,(H,23,24). The van der Waals surface area contributed by atoms with Crippen LogP contribution in [0.2, 0.25) is 0 Å². The van der Waals surface area contributed by atoms with E-state index in [9.17, 15) is 9.59 Å². The molecule has 0 unspecified atom stereocenters. The lowest BCUT2D eigenvalue weighted by molar-refractivity contribution is -0.137. The molecule has 1 saturated carbocycles. The highest BCUT2D eigenvalue weighted by molar-refractivity contribution is 9.10. The first-order valence-corrected chi connectivity index (χ1v) is 9.61. The first kappa shape index (κ1) is 18.0. The Labute approximate surface area is 156 Å². The number of carbonyl (C=O) groups is 2. The molecule has 0 saturated heterocycles. The molecule has 2 aliphatic rings. The van der Waals surface area contributed by atoms with Crippen molar-refractivity contribution in [2.45, 2.75) is 51.0 Å². The molecule has 1 fully saturated rings. The van der Waals surface area contributed by atoms with Gasteiger partial charge in [-0.05, 0) is 49.1 Å². The van der Waals surface area contributed by atoms with Gasteiger partial charge in [-0.1, -0.05) is 35.2 Å². The zero-order chi connectivity index (χ0) is 17.8. The molecule has 1 amide bonds. The molecule has 3 rings (SSSR count). The van der Waals surface area contributed by atoms with Gasteiger partial charge in [0, 0.05) is 29.2 Å². The van der Waals surface area contributed by atoms with Crippen LogP contribution in [0.5, 0.6) is 0 Å². The minimum atomic E-state index is -0.834. The maximum absolute atomic E-state index is 13.0. The van der Waals surface area contributed by atoms with Gasteiger partial charge < -0.3 is 15.3 Å². The van der Waals surface area contributed by atoms with Gasteiger partial charge in [0.05, 0.1) is 0 Å². The molecule has 1 aromatic carbocycles. The quantitative estimate of drug-likeness (QED) is 0.752. The largest absolute Gasteiger partial charge is 0.481 e. The number of halogens is 1. The van der Waals surface area contributed by atoms with Crippen LogP contribution >= 0.6 is 15.9 Å². The minimum Gasteiger partial charge on any atom is -0.481 e. The highest BCUT2D eigenvalue weighted by Crippen LogP contribution is 2.29. The number of hydrogen-bond acceptors (Lipinski definition) is 3. The molecule has 0 atom stereocenters. The van der Waals surface area contributed by atoms with Crippen molar-refractivity contribution < 1.29 is 14.7 Å². The topological polar surface area (TPSA) is 69.6 Å². The molecule has 0 radical (unpaired) electrons. The number of nitrogens with one attached hydrogen (secondary N) is 1. The first-order chi connectivity index (χ1) is 12.0. The van der Waals surface area contributed by atoms with Gasteiger partial charge in [-0.3, -0.25) is 9.59 Å². The zero-order valence-electron chi connectivity index (χ0n) is 14.1. The summed E-state index contributed by atoms with van der Waals surface area (Å²) in [6.45, 7) is 0.461. The molecule has 25 heavy (non-hydrogen) atoms. The lowest BCUT2D eigenvalue weighted by atomic mass is 9.95. The van der Waals surface area contributed by atoms with Crippen LogP contribution in [0.25, 0.3) is 0 Å². The SMILES string of the molecule is O=C(O)CCC1=C(NC2CCCCC2)C(=O)N(c2ccc(Br)cc2)C1. The summed E-state index contributed by atoms with van der Waals surface area (Å²) in [7, 11) is 0. The molecule has 0 bridgehead atoms. The van der Waals surface area contributed by atoms with E-state index in [0.29, 0.717) is 24.7 Å². The zero-order valence-corrected chi connectivity index (χ0v) is 15.7. The predicted octanol–water partition coefficient (Wildman–Crippen LogP) is 3.84. The van der Waals surface area contributed by atoms with Crippen LogP contribution in [-0.2, 0) is 9.59 Å². The molecule has 1 aliphatic heterocycles. The van der Waals surface area contributed by atoms with Crippen molar-refractivity contribution in [1.29, 1.82) is 0 Å². The second-order valence-electron chi connectivity index (χ2n) is 6.72. The van der Waals surface area contributed by atoms with Crippen LogP contribution in [0, 0.1) is 0 Å². The van der Waals surface area contributed by atoms with E-state index < -0.39 is 5.97 Å². The second-order valence-corrected chi connectivity index (χ2v) is 7.63. The Bertz CT molecular complexity index is 678. The van der Waals surface area contributed by atoms with Gasteiger partial charge in [0.15, 0.2) is 0 Å². The molecule has 1 aliphatic carbocycles. The summed E-state index contributed by atoms with van der Waals surface area (Å²) in [4.78, 5) is 25.7. The molecule has 1 heterocycles. The Morgan fingerprint density at radius 2 is 1.88 bits per heavy atom. The van der Waals surface area contributed by atoms with E-state index in [1.54, 1.807) is 4.90 Å². The summed E-state index contributed by atoms with van der Waals surface area (Å²) in [5.74, 6) is -0.882. The van der Waals surface area contributed by atoms with Crippen LogP contribution in [-0.4, -0.2) is 29.6 Å². The monoisotopic (exact) mass is 406 g/mol. The number of nitrogens with zero attached hydrogens (tertiary/aromatic N) is 1. The lowest BCUT2D eigenvalue weighted by Gasteiger charge is -2.25. The van der Waals surface area contributed by atoms with Crippen LogP contribution < -0.4 is 10.2 Å². The van der Waals surface area contributed by atoms with E-state index in [0.717, 1.165) is 28.6 Å². The number of hydrogen-bond donors (Lipinski definition) is 2. The smallest absolute Gasteiger partial charge is 0.303 e. The van der Waals surface area contributed by atoms with Gasteiger partial charge in [0.1, 0.15) is 5.70 Å². The Hall–Kier alpha value is -1.82. The number of anilines is 1. The van der Waals surface area contributed by atoms with Gasteiger partial charge in [0.25, 0.3) is 5.91 Å². The van der Waals surface area contributed by atoms with Crippen molar-refractivity contribution in [3.8, 4) is 0 Å². The highest BCUT2D eigenvalue weighted by atomic mass is 79.9. The summed E-state index contributed by atoms with van der Waals surface area (Å²) in [5.41, 5.74) is 2.36. The molecule has 6 heteroatoms. The van der Waals surface area contributed by atoms with E-state index in [2.05, 4.69) is 21.2 Å². The Kier molecular flexibility index (Phi) is 5.78. The van der Waals surface area contributed by atoms with Crippen LogP contribution in [0.3, 0.4) is 0 Å². The van der Waals surface area contributed by atoms with Crippen molar-refractivity contribution in [2.75, 3.05) is 11.4 Å². The summed E-state index contributed by atoms with van der Waals surface area (Å²) >= 11 is 3.41. The molecule has 1 aromatic rings. The normalized spacial score (nSPS) is 18.8. The number of carboxylic acids is 1. The fourth-order valence-electron chi connectivity index (χ4n) is 3.53. The average molecular weight is 407 g/mol. The van der Waals surface area contributed by atoms with E-state index in [1.807, 2.05) is 24.3 Å². The summed E-state index contributed by atoms with van der Waals surface area (Å²) in [6, 6.07) is 7.94. The number of aliphatic carboxylic acids is 1. The van der Waals surface area contributed by atoms with Crippen molar-refractivity contribution in [1.82, 2.24) is 5.32 Å². The summed E-state index contributed by atoms with van der Waals surface area (Å²) in [6.07, 6.45) is 6.21. The molecular weight excluding hydrogens is 384 g/mol. The summed E-state index contributed by atoms with van der Waals surface area (Å²) in [5, 5.41) is 12.5. The third kappa shape index (κ3) is 4.42. The minimum absolute atomic E-state index is 0.0479. The predicted molar refractivity (Wildman–Crippen MR) is 100 cm³/mol. The fourth-order valence-corrected chi connectivity index (χ4v) is 3.80. The number of amides is 1. The van der Waals surface area contributed by atoms with Crippen molar-refractivity contribution >= 4 is 33.5 Å². The van der Waals surface area contributed by atoms with Gasteiger partial charge in [0.2, 0.25) is 0 Å². The average Bonchev–Trinajstić information content (AvgIpc) is 2.91. The second kappa shape index (κ2) is 8.04. The van der Waals surface area contributed by atoms with Crippen molar-refractivity contribution in [3.63, 3.8) is 0 Å². The molecule has 134 valence electrons. The lowest BCUT2D eigenvalue weighted by Crippen LogP contribution is -2.36. The third-order valence-electron chi connectivity index (χ3n) is 4.89. The van der Waals surface area contributed by atoms with Gasteiger partial charge in [-0.2, -0.15) is 0 Å². The summed E-state index contributed by atoms with van der Waals surface area (Å²) < 4.78 is 0.961. The van der Waals surface area contributed by atoms with Crippen molar-refractivity contribution in [3.05, 3.63) is 40.0 Å². The van der Waals surface area contributed by atoms with Gasteiger partial charge >= 0.3 is 5.97 Å². The third-order valence-corrected chi connectivity index (χ3v) is 5.42. The van der Waals surface area contributed by atoms with Crippen LogP contribution in [0.15, 0.2) is 40.0 Å². The van der Waals surface area contributed by atoms with E-state index in [1.165, 1.54) is 19.3 Å². The molecule has 2 N–H and O–H groups in total. The molecule has 5 nitrogen and oxygen atoms in total. The van der Waals surface area contributed by atoms with E-state index >= 15 is 0 Å². The van der Waals surface area contributed by atoms with Gasteiger partial charge in [-0.15, -0.1) is 0 Å². The highest BCUT2D eigenvalue weighted by Gasteiger charge is 2.32. The Balaban J connectivity index is 1.79. The van der Waals surface area contributed by atoms with Gasteiger partial charge in [-0.25, -0.2) is 0 Å². The maximum Gasteiger partial charge on any atom is 0.303 e. The first-order valence-electron chi connectivity index (χ1n) is 8.82. The maximum atomic E-state index is 13.0. The molecule has 0 spiro atoms. The number of benzene rings is 1. The van der Waals surface area contributed by atoms with Crippen molar-refractivity contribution in [2.24, 2.45) is 0 Å². The van der Waals surface area contributed by atoms with Crippen LogP contribution in [0.1, 0.15) is 44.9 Å². The van der Waals surface area contributed by atoms with E-state index in [-0.39, 0.29) is 12.3 Å². The number of rotatable bonds is 6. The molecule has 0 aromatic heterocycles.